The van der Waals surface area contributed by atoms with E-state index in [-0.39, 0.29) is 5.91 Å². The van der Waals surface area contributed by atoms with Crippen LogP contribution in [0.25, 0.3) is 16.9 Å². The molecule has 2 heterocycles. The maximum atomic E-state index is 13.2. The molecule has 31 heavy (non-hydrogen) atoms. The lowest BCUT2D eigenvalue weighted by atomic mass is 10.0. The Balaban J connectivity index is 1.71. The molecule has 0 aliphatic heterocycles. The third kappa shape index (κ3) is 4.53. The van der Waals surface area contributed by atoms with Crippen LogP contribution in [0.1, 0.15) is 21.6 Å². The highest BCUT2D eigenvalue weighted by molar-refractivity contribution is 8.01. The molecular formula is C23H19N5OS2. The average molecular weight is 446 g/mol. The number of aromatic nitrogens is 3. The second-order valence-corrected chi connectivity index (χ2v) is 9.02. The van der Waals surface area contributed by atoms with Crippen LogP contribution in [0, 0.1) is 25.2 Å². The van der Waals surface area contributed by atoms with Crippen LogP contribution in [0.2, 0.25) is 0 Å². The van der Waals surface area contributed by atoms with Gasteiger partial charge in [-0.1, -0.05) is 65.6 Å². The molecular weight excluding hydrogens is 426 g/mol. The maximum Gasteiger partial charge on any atom is 0.261 e. The summed E-state index contributed by atoms with van der Waals surface area (Å²) in [6.07, 6.45) is 1.75. The van der Waals surface area contributed by atoms with Crippen molar-refractivity contribution in [1.82, 2.24) is 14.8 Å². The van der Waals surface area contributed by atoms with Crippen molar-refractivity contribution >= 4 is 34.1 Å². The van der Waals surface area contributed by atoms with E-state index in [9.17, 15) is 4.79 Å². The minimum absolute atomic E-state index is 0.272. The first-order chi connectivity index (χ1) is 15.1. The quantitative estimate of drug-likeness (QED) is 0.397. The van der Waals surface area contributed by atoms with Gasteiger partial charge in [0.1, 0.15) is 5.69 Å². The number of carbonyl (C=O) groups excluding carboxylic acids is 1. The number of carbonyl (C=O) groups is 1. The summed E-state index contributed by atoms with van der Waals surface area (Å²) in [7, 11) is 0. The summed E-state index contributed by atoms with van der Waals surface area (Å²) in [5.74, 6) is 0.0727. The number of amides is 1. The van der Waals surface area contributed by atoms with Gasteiger partial charge in [0.05, 0.1) is 33.0 Å². The minimum atomic E-state index is -0.272. The van der Waals surface area contributed by atoms with Crippen LogP contribution in [0.3, 0.4) is 0 Å². The molecule has 4 aromatic rings. The molecule has 154 valence electrons. The lowest BCUT2D eigenvalue weighted by Crippen LogP contribution is -2.12. The van der Waals surface area contributed by atoms with Crippen molar-refractivity contribution < 1.29 is 4.79 Å². The molecule has 1 N–H and O–H groups in total. The molecule has 0 radical (unpaired) electrons. The summed E-state index contributed by atoms with van der Waals surface area (Å²) in [4.78, 5) is 17.7. The first-order valence-corrected chi connectivity index (χ1v) is 11.4. The molecule has 0 fully saturated rings. The topological polar surface area (TPSA) is 83.6 Å². The van der Waals surface area contributed by atoms with E-state index >= 15 is 0 Å². The highest BCUT2D eigenvalue weighted by Crippen LogP contribution is 2.33. The van der Waals surface area contributed by atoms with E-state index in [4.69, 9.17) is 10.4 Å². The third-order valence-corrected chi connectivity index (χ3v) is 6.92. The zero-order valence-electron chi connectivity index (χ0n) is 17.0. The highest BCUT2D eigenvalue weighted by Gasteiger charge is 2.21. The summed E-state index contributed by atoms with van der Waals surface area (Å²) in [6.45, 7) is 3.87. The van der Waals surface area contributed by atoms with Gasteiger partial charge < -0.3 is 0 Å². The number of anilines is 1. The van der Waals surface area contributed by atoms with E-state index in [0.717, 1.165) is 26.7 Å². The van der Waals surface area contributed by atoms with Gasteiger partial charge in [0.2, 0.25) is 0 Å². The highest BCUT2D eigenvalue weighted by atomic mass is 32.2. The summed E-state index contributed by atoms with van der Waals surface area (Å²) < 4.78 is 2.65. The van der Waals surface area contributed by atoms with Crippen LogP contribution in [0.15, 0.2) is 65.0 Å². The van der Waals surface area contributed by atoms with E-state index in [1.807, 2.05) is 68.4 Å². The molecule has 0 bridgehead atoms. The first-order valence-electron chi connectivity index (χ1n) is 9.56. The lowest BCUT2D eigenvalue weighted by molar-refractivity contribution is 0.102. The second-order valence-electron chi connectivity index (χ2n) is 6.78. The van der Waals surface area contributed by atoms with E-state index in [2.05, 4.69) is 16.4 Å². The summed E-state index contributed by atoms with van der Waals surface area (Å²) in [6, 6.07) is 19.7. The Morgan fingerprint density at radius 1 is 1.16 bits per heavy atom. The fraction of sp³-hybridized carbons (Fsp3) is 0.130. The summed E-state index contributed by atoms with van der Waals surface area (Å²) in [5, 5.41) is 17.0. The number of nitrogens with zero attached hydrogens (tertiary/aromatic N) is 4. The van der Waals surface area contributed by atoms with Gasteiger partial charge in [0.25, 0.3) is 5.91 Å². The number of hydrogen-bond donors (Lipinski definition) is 1. The number of thioether (sulfide) groups is 1. The predicted octanol–water partition coefficient (Wildman–Crippen LogP) is 5.48. The van der Waals surface area contributed by atoms with Crippen LogP contribution < -0.4 is 5.32 Å². The van der Waals surface area contributed by atoms with Gasteiger partial charge in [-0.05, 0) is 31.5 Å². The fourth-order valence-corrected chi connectivity index (χ4v) is 4.92. The van der Waals surface area contributed by atoms with E-state index in [1.54, 1.807) is 10.9 Å². The molecule has 0 spiro atoms. The average Bonchev–Trinajstić information content (AvgIpc) is 3.37. The third-order valence-electron chi connectivity index (χ3n) is 4.62. The number of rotatable bonds is 6. The van der Waals surface area contributed by atoms with Crippen molar-refractivity contribution in [3.63, 3.8) is 0 Å². The van der Waals surface area contributed by atoms with E-state index in [1.165, 1.54) is 23.1 Å². The maximum absolute atomic E-state index is 13.2. The fourth-order valence-electron chi connectivity index (χ4n) is 3.12. The second kappa shape index (κ2) is 9.16. The van der Waals surface area contributed by atoms with Gasteiger partial charge in [-0.25, -0.2) is 9.67 Å². The molecule has 6 nitrogen and oxygen atoms in total. The van der Waals surface area contributed by atoms with E-state index in [0.29, 0.717) is 22.1 Å². The number of nitrogens with one attached hydrogen (secondary N) is 1. The van der Waals surface area contributed by atoms with Gasteiger partial charge in [-0.2, -0.15) is 10.4 Å². The Kier molecular flexibility index (Phi) is 6.16. The van der Waals surface area contributed by atoms with Gasteiger partial charge in [0, 0.05) is 11.8 Å². The Bertz CT molecular complexity index is 1270. The molecule has 0 atom stereocenters. The Morgan fingerprint density at radius 2 is 1.90 bits per heavy atom. The number of aryl methyl sites for hydroxylation is 2. The zero-order valence-corrected chi connectivity index (χ0v) is 18.6. The molecule has 0 saturated carbocycles. The van der Waals surface area contributed by atoms with Crippen LogP contribution in [0.4, 0.5) is 5.13 Å². The van der Waals surface area contributed by atoms with Gasteiger partial charge >= 0.3 is 0 Å². The van der Waals surface area contributed by atoms with Crippen LogP contribution in [0.5, 0.6) is 0 Å². The molecule has 0 saturated heterocycles. The Morgan fingerprint density at radius 3 is 2.65 bits per heavy atom. The van der Waals surface area contributed by atoms with Gasteiger partial charge in [-0.3, -0.25) is 10.1 Å². The zero-order chi connectivity index (χ0) is 21.8. The molecule has 1 amide bonds. The molecule has 0 unspecified atom stereocenters. The molecule has 8 heteroatoms. The molecule has 0 aliphatic rings. The van der Waals surface area contributed by atoms with E-state index < -0.39 is 0 Å². The molecule has 0 aliphatic carbocycles. The SMILES string of the molecule is Cc1ccccc1-c1nn(-c2ccccc2)cc1C(=O)Nc1nc(C)c(SCC#N)s1. The van der Waals surface area contributed by atoms with Gasteiger partial charge in [0.15, 0.2) is 5.13 Å². The molecule has 2 aromatic heterocycles. The van der Waals surface area contributed by atoms with Crippen molar-refractivity contribution in [2.45, 2.75) is 18.1 Å². The van der Waals surface area contributed by atoms with Crippen molar-refractivity contribution in [3.05, 3.63) is 77.6 Å². The van der Waals surface area contributed by atoms with Crippen molar-refractivity contribution in [1.29, 1.82) is 5.26 Å². The normalized spacial score (nSPS) is 10.6. The van der Waals surface area contributed by atoms with Crippen molar-refractivity contribution in [3.8, 4) is 23.0 Å². The van der Waals surface area contributed by atoms with Crippen molar-refractivity contribution in [2.75, 3.05) is 11.1 Å². The number of nitriles is 1. The van der Waals surface area contributed by atoms with Gasteiger partial charge in [-0.15, -0.1) is 0 Å². The van der Waals surface area contributed by atoms with Crippen LogP contribution in [-0.4, -0.2) is 26.4 Å². The first kappa shape index (κ1) is 20.8. The smallest absolute Gasteiger partial charge is 0.261 e. The van der Waals surface area contributed by atoms with Crippen LogP contribution >= 0.6 is 23.1 Å². The Labute approximate surface area is 188 Å². The summed E-state index contributed by atoms with van der Waals surface area (Å²) >= 11 is 2.79. The predicted molar refractivity (Wildman–Crippen MR) is 125 cm³/mol. The standard InChI is InChI=1S/C23H19N5OS2/c1-15-8-6-7-11-18(15)20-19(14-28(27-20)17-9-4-3-5-10-17)21(29)26-23-25-16(2)22(31-23)30-13-12-24/h3-11,14H,13H2,1-2H3,(H,25,26,29). The Hall–Kier alpha value is -3.41. The van der Waals surface area contributed by atoms with Crippen LogP contribution in [-0.2, 0) is 0 Å². The monoisotopic (exact) mass is 445 g/mol. The van der Waals surface area contributed by atoms with Crippen molar-refractivity contribution in [2.24, 2.45) is 0 Å². The molecule has 4 rings (SSSR count). The minimum Gasteiger partial charge on any atom is -0.298 e. The number of benzene rings is 2. The number of thiazole rings is 1. The molecule has 2 aromatic carbocycles. The lowest BCUT2D eigenvalue weighted by Gasteiger charge is -2.05. The number of para-hydroxylation sites is 1. The summed E-state index contributed by atoms with van der Waals surface area (Å²) in [5.41, 5.74) is 4.71. The number of hydrogen-bond acceptors (Lipinski definition) is 6. The largest absolute Gasteiger partial charge is 0.298 e.